The van der Waals surface area contributed by atoms with Gasteiger partial charge in [0.15, 0.2) is 0 Å². The van der Waals surface area contributed by atoms with E-state index in [1.165, 1.54) is 29.4 Å². The number of fused-ring (bicyclic) bond motifs is 1. The molecule has 0 bridgehead atoms. The van der Waals surface area contributed by atoms with E-state index in [-0.39, 0.29) is 11.8 Å². The first-order chi connectivity index (χ1) is 14.4. The summed E-state index contributed by atoms with van der Waals surface area (Å²) >= 11 is 1.44. The zero-order chi connectivity index (χ0) is 21.3. The SMILES string of the molecule is CC(=O)Nc1ccc(NC(=O)c2cc3c(C)nn(Cc4ccc(C)cc4)c3s2)cc1. The molecule has 4 aromatic rings. The number of nitrogens with one attached hydrogen (secondary N) is 2. The summed E-state index contributed by atoms with van der Waals surface area (Å²) in [5.41, 5.74) is 4.66. The van der Waals surface area contributed by atoms with Crippen LogP contribution in [0.2, 0.25) is 0 Å². The molecular formula is C23H22N4O2S. The van der Waals surface area contributed by atoms with Crippen LogP contribution in [0.25, 0.3) is 10.2 Å². The molecule has 2 aromatic carbocycles. The van der Waals surface area contributed by atoms with E-state index >= 15 is 0 Å². The number of carbonyl (C=O) groups is 2. The fourth-order valence-electron chi connectivity index (χ4n) is 3.23. The van der Waals surface area contributed by atoms with Gasteiger partial charge in [0.25, 0.3) is 5.91 Å². The highest BCUT2D eigenvalue weighted by Gasteiger charge is 2.17. The van der Waals surface area contributed by atoms with E-state index in [2.05, 4.69) is 46.9 Å². The molecule has 2 heterocycles. The van der Waals surface area contributed by atoms with Crippen LogP contribution >= 0.6 is 11.3 Å². The van der Waals surface area contributed by atoms with Gasteiger partial charge in [0.05, 0.1) is 17.1 Å². The van der Waals surface area contributed by atoms with Crippen LogP contribution < -0.4 is 10.6 Å². The van der Waals surface area contributed by atoms with Gasteiger partial charge < -0.3 is 10.6 Å². The lowest BCUT2D eigenvalue weighted by Crippen LogP contribution is -2.10. The molecule has 0 aliphatic rings. The number of anilines is 2. The van der Waals surface area contributed by atoms with Gasteiger partial charge in [-0.05, 0) is 49.7 Å². The van der Waals surface area contributed by atoms with Gasteiger partial charge in [-0.3, -0.25) is 14.3 Å². The summed E-state index contributed by atoms with van der Waals surface area (Å²) in [7, 11) is 0. The summed E-state index contributed by atoms with van der Waals surface area (Å²) < 4.78 is 1.96. The van der Waals surface area contributed by atoms with Crippen molar-refractivity contribution in [2.45, 2.75) is 27.3 Å². The average Bonchev–Trinajstić information content (AvgIpc) is 3.26. The fourth-order valence-corrected chi connectivity index (χ4v) is 4.29. The van der Waals surface area contributed by atoms with Gasteiger partial charge in [-0.25, -0.2) is 0 Å². The van der Waals surface area contributed by atoms with Crippen molar-refractivity contribution in [3.8, 4) is 0 Å². The Labute approximate surface area is 178 Å². The Morgan fingerprint density at radius 3 is 2.23 bits per heavy atom. The van der Waals surface area contributed by atoms with Crippen LogP contribution in [0.3, 0.4) is 0 Å². The van der Waals surface area contributed by atoms with Gasteiger partial charge in [-0.2, -0.15) is 5.10 Å². The minimum atomic E-state index is -0.162. The smallest absolute Gasteiger partial charge is 0.265 e. The van der Waals surface area contributed by atoms with Crippen LogP contribution in [0.1, 0.15) is 33.4 Å². The van der Waals surface area contributed by atoms with E-state index in [9.17, 15) is 9.59 Å². The molecule has 2 amide bonds. The molecule has 7 heteroatoms. The predicted octanol–water partition coefficient (Wildman–Crippen LogP) is 4.97. The fraction of sp³-hybridized carbons (Fsp3) is 0.174. The van der Waals surface area contributed by atoms with Gasteiger partial charge in [-0.1, -0.05) is 29.8 Å². The molecular weight excluding hydrogens is 396 g/mol. The lowest BCUT2D eigenvalue weighted by Gasteiger charge is -2.06. The third kappa shape index (κ3) is 4.26. The summed E-state index contributed by atoms with van der Waals surface area (Å²) in [6.07, 6.45) is 0. The van der Waals surface area contributed by atoms with E-state index in [4.69, 9.17) is 0 Å². The van der Waals surface area contributed by atoms with Crippen LogP contribution in [-0.2, 0) is 11.3 Å². The number of benzene rings is 2. The summed E-state index contributed by atoms with van der Waals surface area (Å²) in [5, 5.41) is 11.3. The number of aromatic nitrogens is 2. The van der Waals surface area contributed by atoms with E-state index in [0.29, 0.717) is 22.8 Å². The molecule has 152 valence electrons. The second-order valence-electron chi connectivity index (χ2n) is 7.27. The molecule has 0 saturated carbocycles. The summed E-state index contributed by atoms with van der Waals surface area (Å²) in [6.45, 7) is 6.15. The molecule has 30 heavy (non-hydrogen) atoms. The van der Waals surface area contributed by atoms with Crippen LogP contribution in [0.5, 0.6) is 0 Å². The molecule has 0 atom stereocenters. The predicted molar refractivity (Wildman–Crippen MR) is 121 cm³/mol. The normalized spacial score (nSPS) is 10.9. The molecule has 4 rings (SSSR count). The van der Waals surface area contributed by atoms with E-state index in [1.807, 2.05) is 17.7 Å². The van der Waals surface area contributed by atoms with Gasteiger partial charge >= 0.3 is 0 Å². The molecule has 0 saturated heterocycles. The maximum absolute atomic E-state index is 12.8. The number of amides is 2. The zero-order valence-corrected chi connectivity index (χ0v) is 17.8. The van der Waals surface area contributed by atoms with E-state index < -0.39 is 0 Å². The molecule has 0 radical (unpaired) electrons. The highest BCUT2D eigenvalue weighted by molar-refractivity contribution is 7.20. The van der Waals surface area contributed by atoms with Crippen molar-refractivity contribution >= 4 is 44.7 Å². The third-order valence-corrected chi connectivity index (χ3v) is 5.89. The Morgan fingerprint density at radius 1 is 0.967 bits per heavy atom. The largest absolute Gasteiger partial charge is 0.326 e. The van der Waals surface area contributed by atoms with Gasteiger partial charge in [0, 0.05) is 23.7 Å². The summed E-state index contributed by atoms with van der Waals surface area (Å²) in [5.74, 6) is -0.295. The molecule has 0 spiro atoms. The topological polar surface area (TPSA) is 76.0 Å². The molecule has 0 aliphatic heterocycles. The van der Waals surface area contributed by atoms with Crippen molar-refractivity contribution < 1.29 is 9.59 Å². The molecule has 2 aromatic heterocycles. The van der Waals surface area contributed by atoms with Crippen molar-refractivity contribution in [1.29, 1.82) is 0 Å². The Balaban J connectivity index is 1.53. The van der Waals surface area contributed by atoms with Gasteiger partial charge in [0.1, 0.15) is 4.83 Å². The van der Waals surface area contributed by atoms with Crippen molar-refractivity contribution in [1.82, 2.24) is 9.78 Å². The highest BCUT2D eigenvalue weighted by Crippen LogP contribution is 2.29. The first kappa shape index (κ1) is 19.8. The van der Waals surface area contributed by atoms with Crippen molar-refractivity contribution in [3.05, 3.63) is 76.3 Å². The number of aryl methyl sites for hydroxylation is 2. The van der Waals surface area contributed by atoms with Gasteiger partial charge in [-0.15, -0.1) is 11.3 Å². The highest BCUT2D eigenvalue weighted by atomic mass is 32.1. The second kappa shape index (κ2) is 8.12. The average molecular weight is 419 g/mol. The Bertz CT molecular complexity index is 1220. The lowest BCUT2D eigenvalue weighted by molar-refractivity contribution is -0.114. The van der Waals surface area contributed by atoms with Crippen molar-refractivity contribution in [2.24, 2.45) is 0 Å². The van der Waals surface area contributed by atoms with Crippen LogP contribution in [0.15, 0.2) is 54.6 Å². The number of carbonyl (C=O) groups excluding carboxylic acids is 2. The van der Waals surface area contributed by atoms with Crippen LogP contribution in [-0.4, -0.2) is 21.6 Å². The standard InChI is InChI=1S/C23H22N4O2S/c1-14-4-6-17(7-5-14)13-27-23-20(15(2)26-27)12-21(30-23)22(29)25-19-10-8-18(9-11-19)24-16(3)28/h4-12H,13H2,1-3H3,(H,24,28)(H,25,29). The summed E-state index contributed by atoms with van der Waals surface area (Å²) in [6, 6.07) is 17.3. The second-order valence-corrected chi connectivity index (χ2v) is 8.30. The molecule has 0 fully saturated rings. The lowest BCUT2D eigenvalue weighted by atomic mass is 10.1. The number of hydrogen-bond acceptors (Lipinski definition) is 4. The summed E-state index contributed by atoms with van der Waals surface area (Å²) in [4.78, 5) is 25.5. The first-order valence-electron chi connectivity index (χ1n) is 9.60. The number of hydrogen-bond donors (Lipinski definition) is 2. The monoisotopic (exact) mass is 418 g/mol. The Morgan fingerprint density at radius 2 is 1.60 bits per heavy atom. The van der Waals surface area contributed by atoms with Crippen LogP contribution in [0, 0.1) is 13.8 Å². The molecule has 0 aliphatic carbocycles. The molecule has 0 unspecified atom stereocenters. The number of rotatable bonds is 5. The van der Waals surface area contributed by atoms with Gasteiger partial charge in [0.2, 0.25) is 5.91 Å². The van der Waals surface area contributed by atoms with Crippen molar-refractivity contribution in [2.75, 3.05) is 10.6 Å². The quantitative estimate of drug-likeness (QED) is 0.480. The van der Waals surface area contributed by atoms with Crippen LogP contribution in [0.4, 0.5) is 11.4 Å². The number of nitrogens with zero attached hydrogens (tertiary/aromatic N) is 2. The maximum atomic E-state index is 12.8. The molecule has 2 N–H and O–H groups in total. The zero-order valence-electron chi connectivity index (χ0n) is 17.0. The Hall–Kier alpha value is -3.45. The minimum absolute atomic E-state index is 0.132. The van der Waals surface area contributed by atoms with E-state index in [1.54, 1.807) is 24.3 Å². The van der Waals surface area contributed by atoms with E-state index in [0.717, 1.165) is 15.9 Å². The number of thiophene rings is 1. The minimum Gasteiger partial charge on any atom is -0.326 e. The Kier molecular flexibility index (Phi) is 5.37. The first-order valence-corrected chi connectivity index (χ1v) is 10.4. The molecule has 6 nitrogen and oxygen atoms in total. The third-order valence-electron chi connectivity index (χ3n) is 4.75. The van der Waals surface area contributed by atoms with Crippen molar-refractivity contribution in [3.63, 3.8) is 0 Å². The maximum Gasteiger partial charge on any atom is 0.265 e.